The van der Waals surface area contributed by atoms with Crippen molar-refractivity contribution in [1.82, 2.24) is 15.0 Å². The molecule has 224 valence electrons. The second-order valence-electron chi connectivity index (χ2n) is 12.0. The summed E-state index contributed by atoms with van der Waals surface area (Å²) in [5, 5.41) is 6.14. The Morgan fingerprint density at radius 2 is 0.958 bits per heavy atom. The minimum absolute atomic E-state index is 0.702. The van der Waals surface area contributed by atoms with Crippen molar-refractivity contribution in [3.8, 4) is 45.2 Å². The Morgan fingerprint density at radius 1 is 0.375 bits per heavy atom. The minimum Gasteiger partial charge on any atom is -0.246 e. The molecule has 3 nitrogen and oxygen atoms in total. The maximum absolute atomic E-state index is 5.30. The fourth-order valence-corrected chi connectivity index (χ4v) is 9.21. The van der Waals surface area contributed by atoms with Gasteiger partial charge in [0.25, 0.3) is 0 Å². The van der Waals surface area contributed by atoms with Gasteiger partial charge in [0.05, 0.1) is 27.3 Å². The van der Waals surface area contributed by atoms with E-state index in [1.54, 1.807) is 0 Å². The molecule has 10 aromatic rings. The molecule has 0 unspecified atom stereocenters. The summed E-state index contributed by atoms with van der Waals surface area (Å²) in [5.41, 5.74) is 8.10. The highest BCUT2D eigenvalue weighted by atomic mass is 32.1. The van der Waals surface area contributed by atoms with E-state index < -0.39 is 0 Å². The van der Waals surface area contributed by atoms with Gasteiger partial charge >= 0.3 is 0 Å². The predicted octanol–water partition coefficient (Wildman–Crippen LogP) is 12.4. The van der Waals surface area contributed by atoms with Crippen molar-refractivity contribution in [1.29, 1.82) is 0 Å². The highest BCUT2D eigenvalue weighted by Gasteiger charge is 2.17. The highest BCUT2D eigenvalue weighted by Crippen LogP contribution is 2.42. The van der Waals surface area contributed by atoms with E-state index in [0.717, 1.165) is 50.2 Å². The third-order valence-corrected chi connectivity index (χ3v) is 11.5. The zero-order chi connectivity index (χ0) is 31.6. The summed E-state index contributed by atoms with van der Waals surface area (Å²) in [5.74, 6) is 0.702. The molecule has 0 fully saturated rings. The minimum atomic E-state index is 0.702. The van der Waals surface area contributed by atoms with Crippen molar-refractivity contribution in [2.75, 3.05) is 0 Å². The largest absolute Gasteiger partial charge is 0.246 e. The topological polar surface area (TPSA) is 38.7 Å². The first-order valence-electron chi connectivity index (χ1n) is 15.9. The van der Waals surface area contributed by atoms with E-state index in [4.69, 9.17) is 15.0 Å². The quantitative estimate of drug-likeness (QED) is 0.191. The third kappa shape index (κ3) is 4.36. The molecular formula is C43H25N3S2. The smallest absolute Gasteiger partial charge is 0.160 e. The van der Waals surface area contributed by atoms with Crippen LogP contribution in [0.4, 0.5) is 0 Å². The summed E-state index contributed by atoms with van der Waals surface area (Å²) >= 11 is 3.64. The number of aromatic nitrogens is 3. The molecule has 10 rings (SSSR count). The molecule has 0 aliphatic heterocycles. The van der Waals surface area contributed by atoms with Crippen molar-refractivity contribution in [3.05, 3.63) is 152 Å². The molecular weight excluding hydrogens is 623 g/mol. The molecule has 0 N–H and O–H groups in total. The molecule has 0 atom stereocenters. The van der Waals surface area contributed by atoms with Crippen LogP contribution >= 0.6 is 22.7 Å². The van der Waals surface area contributed by atoms with Crippen molar-refractivity contribution in [2.24, 2.45) is 0 Å². The second-order valence-corrected chi connectivity index (χ2v) is 14.1. The van der Waals surface area contributed by atoms with Gasteiger partial charge in [0.2, 0.25) is 0 Å². The second kappa shape index (κ2) is 10.9. The van der Waals surface area contributed by atoms with E-state index in [1.807, 2.05) is 28.7 Å². The molecule has 0 amide bonds. The van der Waals surface area contributed by atoms with Crippen LogP contribution < -0.4 is 0 Å². The van der Waals surface area contributed by atoms with Crippen LogP contribution in [0.25, 0.3) is 96.4 Å². The van der Waals surface area contributed by atoms with E-state index in [9.17, 15) is 0 Å². The highest BCUT2D eigenvalue weighted by molar-refractivity contribution is 7.27. The van der Waals surface area contributed by atoms with Gasteiger partial charge in [0.15, 0.2) is 5.82 Å². The number of pyridine rings is 1. The van der Waals surface area contributed by atoms with Crippen molar-refractivity contribution >= 4 is 73.9 Å². The average molecular weight is 648 g/mol. The number of hydrogen-bond acceptors (Lipinski definition) is 5. The SMILES string of the molecule is c1ccc(-c2cc(-c3cccc4c3sc3ccccc34)nc(-c3ccc(-c4nc5c6ccccc6sc5c5ccccc45)cc3)n2)cc1. The lowest BCUT2D eigenvalue weighted by molar-refractivity contribution is 1.19. The molecule has 4 heterocycles. The van der Waals surface area contributed by atoms with E-state index >= 15 is 0 Å². The van der Waals surface area contributed by atoms with Crippen LogP contribution in [0.3, 0.4) is 0 Å². The summed E-state index contributed by atoms with van der Waals surface area (Å²) in [4.78, 5) is 15.6. The number of rotatable bonds is 4. The molecule has 0 saturated carbocycles. The lowest BCUT2D eigenvalue weighted by Crippen LogP contribution is -1.96. The molecule has 0 bridgehead atoms. The summed E-state index contributed by atoms with van der Waals surface area (Å²) in [7, 11) is 0. The zero-order valence-electron chi connectivity index (χ0n) is 25.6. The number of benzene rings is 6. The first kappa shape index (κ1) is 27.4. The lowest BCUT2D eigenvalue weighted by Gasteiger charge is -2.11. The Hall–Kier alpha value is -5.75. The Balaban J connectivity index is 1.14. The van der Waals surface area contributed by atoms with Crippen LogP contribution in [-0.2, 0) is 0 Å². The zero-order valence-corrected chi connectivity index (χ0v) is 27.2. The molecule has 0 radical (unpaired) electrons. The van der Waals surface area contributed by atoms with Gasteiger partial charge in [-0.05, 0) is 18.2 Å². The maximum atomic E-state index is 5.30. The molecule has 6 aromatic carbocycles. The van der Waals surface area contributed by atoms with Gasteiger partial charge in [-0.1, -0.05) is 133 Å². The van der Waals surface area contributed by atoms with Crippen molar-refractivity contribution in [2.45, 2.75) is 0 Å². The predicted molar refractivity (Wildman–Crippen MR) is 205 cm³/mol. The molecule has 0 aliphatic rings. The average Bonchev–Trinajstić information content (AvgIpc) is 3.74. The standard InChI is InChI=1S/C43H25N3S2/c1-2-11-26(12-3-1)35-25-36(33-18-10-17-31-29-13-6-8-19-37(29)47-41(31)33)45-43(44-35)28-23-21-27(22-24-28)39-30-14-4-5-15-32(30)42-40(46-39)34-16-7-9-20-38(34)48-42/h1-25H. The van der Waals surface area contributed by atoms with Crippen LogP contribution in [0.2, 0.25) is 0 Å². The fraction of sp³-hybridized carbons (Fsp3) is 0. The molecule has 48 heavy (non-hydrogen) atoms. The lowest BCUT2D eigenvalue weighted by atomic mass is 10.0. The van der Waals surface area contributed by atoms with Gasteiger partial charge in [-0.3, -0.25) is 0 Å². The molecule has 0 saturated heterocycles. The van der Waals surface area contributed by atoms with Gasteiger partial charge in [-0.2, -0.15) is 0 Å². The van der Waals surface area contributed by atoms with Crippen molar-refractivity contribution < 1.29 is 0 Å². The van der Waals surface area contributed by atoms with Crippen LogP contribution in [0.15, 0.2) is 152 Å². The van der Waals surface area contributed by atoms with Gasteiger partial charge in [0, 0.05) is 63.3 Å². The molecule has 0 spiro atoms. The van der Waals surface area contributed by atoms with E-state index in [-0.39, 0.29) is 0 Å². The van der Waals surface area contributed by atoms with E-state index in [1.165, 1.54) is 40.3 Å². The summed E-state index contributed by atoms with van der Waals surface area (Å²) in [6.45, 7) is 0. The Labute approximate surface area is 284 Å². The number of hydrogen-bond donors (Lipinski definition) is 0. The van der Waals surface area contributed by atoms with Gasteiger partial charge in [-0.25, -0.2) is 15.0 Å². The summed E-state index contributed by atoms with van der Waals surface area (Å²) in [6.07, 6.45) is 0. The number of fused-ring (bicyclic) bond motifs is 8. The van der Waals surface area contributed by atoms with E-state index in [0.29, 0.717) is 5.82 Å². The van der Waals surface area contributed by atoms with Gasteiger partial charge in [0.1, 0.15) is 0 Å². The third-order valence-electron chi connectivity index (χ3n) is 9.11. The van der Waals surface area contributed by atoms with Gasteiger partial charge in [-0.15, -0.1) is 22.7 Å². The maximum Gasteiger partial charge on any atom is 0.160 e. The number of thiophene rings is 2. The van der Waals surface area contributed by atoms with E-state index in [2.05, 4.69) is 146 Å². The van der Waals surface area contributed by atoms with Crippen LogP contribution in [0.5, 0.6) is 0 Å². The summed E-state index contributed by atoms with van der Waals surface area (Å²) < 4.78 is 5.02. The monoisotopic (exact) mass is 647 g/mol. The first-order chi connectivity index (χ1) is 23.8. The Morgan fingerprint density at radius 3 is 1.77 bits per heavy atom. The summed E-state index contributed by atoms with van der Waals surface area (Å²) in [6, 6.07) is 53.4. The normalized spacial score (nSPS) is 11.8. The molecule has 0 aliphatic carbocycles. The molecule has 4 aromatic heterocycles. The van der Waals surface area contributed by atoms with Crippen molar-refractivity contribution in [3.63, 3.8) is 0 Å². The number of nitrogens with zero attached hydrogens (tertiary/aromatic N) is 3. The Kier molecular flexibility index (Phi) is 6.22. The first-order valence-corrected chi connectivity index (χ1v) is 17.6. The fourth-order valence-electron chi connectivity index (χ4n) is 6.80. The van der Waals surface area contributed by atoms with Crippen LogP contribution in [-0.4, -0.2) is 15.0 Å². The van der Waals surface area contributed by atoms with Gasteiger partial charge < -0.3 is 0 Å². The Bertz CT molecular complexity index is 2830. The van der Waals surface area contributed by atoms with Crippen LogP contribution in [0.1, 0.15) is 0 Å². The van der Waals surface area contributed by atoms with Crippen LogP contribution in [0, 0.1) is 0 Å². The molecule has 5 heteroatoms.